The number of esters is 1. The van der Waals surface area contributed by atoms with Gasteiger partial charge in [-0.2, -0.15) is 0 Å². The van der Waals surface area contributed by atoms with Crippen LogP contribution in [0.4, 0.5) is 0 Å². The lowest BCUT2D eigenvalue weighted by molar-refractivity contribution is -0.231. The molecule has 2 aliphatic carbocycles. The second-order valence-electron chi connectivity index (χ2n) is 12.1. The van der Waals surface area contributed by atoms with Crippen LogP contribution < -0.4 is 0 Å². The van der Waals surface area contributed by atoms with E-state index in [9.17, 15) is 24.6 Å². The predicted octanol–water partition coefficient (Wildman–Crippen LogP) is 3.66. The summed E-state index contributed by atoms with van der Waals surface area (Å²) in [5.41, 5.74) is -1.03. The van der Waals surface area contributed by atoms with Crippen LogP contribution >= 0.6 is 0 Å². The van der Waals surface area contributed by atoms with Crippen molar-refractivity contribution in [3.05, 3.63) is 46.3 Å². The Hall–Kier alpha value is -2.55. The lowest BCUT2D eigenvalue weighted by atomic mass is 9.57. The molecule has 1 saturated carbocycles. The van der Waals surface area contributed by atoms with Crippen LogP contribution in [0.25, 0.3) is 0 Å². The number of hydrogen-bond acceptors (Lipinski definition) is 8. The molecule has 4 rings (SSSR count). The number of aliphatic hydroxyl groups excluding tert-OH is 1. The topological polar surface area (TPSA) is 119 Å². The summed E-state index contributed by atoms with van der Waals surface area (Å²) in [6.45, 7) is 13.8. The third-order valence-electron chi connectivity index (χ3n) is 8.97. The molecule has 2 heterocycles. The van der Waals surface area contributed by atoms with E-state index in [0.29, 0.717) is 12.8 Å². The SMILES string of the molecule is C/C=C(\C)C(OC(C)=O)C(C)C1=CC(=O)C2=C(OC3(C)CCC4OC(C(C)(C)O)CC(O)C4(C)C3=C2)C1=O. The summed E-state index contributed by atoms with van der Waals surface area (Å²) in [6, 6.07) is 0. The second-order valence-corrected chi connectivity index (χ2v) is 12.1. The van der Waals surface area contributed by atoms with Gasteiger partial charge in [0.2, 0.25) is 5.78 Å². The standard InChI is InChI=1S/C30H40O8/c1-9-15(2)26(36-17(4)31)16(3)18-12-20(32)19-13-21-29(7,38-27(19)25(18)34)11-10-23-30(21,8)22(33)14-24(37-23)28(5,6)35/h9,12-13,16,22-24,26,33,35H,10-11,14H2,1-8H3/b15-9+. The van der Waals surface area contributed by atoms with E-state index in [2.05, 4.69) is 0 Å². The van der Waals surface area contributed by atoms with E-state index < -0.39 is 52.6 Å². The van der Waals surface area contributed by atoms with Crippen molar-refractivity contribution in [2.45, 2.75) is 110 Å². The van der Waals surface area contributed by atoms with Crippen LogP contribution in [-0.2, 0) is 28.6 Å². The van der Waals surface area contributed by atoms with Gasteiger partial charge in [0.15, 0.2) is 11.5 Å². The Kier molecular flexibility index (Phi) is 7.17. The smallest absolute Gasteiger partial charge is 0.303 e. The highest BCUT2D eigenvalue weighted by Crippen LogP contribution is 2.57. The average molecular weight is 529 g/mol. The minimum Gasteiger partial charge on any atom is -0.478 e. The number of fused-ring (bicyclic) bond motifs is 3. The van der Waals surface area contributed by atoms with Crippen LogP contribution in [0.1, 0.15) is 74.7 Å². The first-order valence-electron chi connectivity index (χ1n) is 13.4. The number of carbonyl (C=O) groups excluding carboxylic acids is 3. The third-order valence-corrected chi connectivity index (χ3v) is 8.97. The van der Waals surface area contributed by atoms with E-state index >= 15 is 0 Å². The number of ether oxygens (including phenoxy) is 3. The quantitative estimate of drug-likeness (QED) is 0.315. The first-order valence-corrected chi connectivity index (χ1v) is 13.4. The van der Waals surface area contributed by atoms with Crippen molar-refractivity contribution >= 4 is 17.5 Å². The molecule has 2 aliphatic heterocycles. The molecule has 8 heteroatoms. The fourth-order valence-corrected chi connectivity index (χ4v) is 6.45. The minimum absolute atomic E-state index is 0.00654. The third kappa shape index (κ3) is 4.50. The van der Waals surface area contributed by atoms with E-state index in [1.165, 1.54) is 13.0 Å². The lowest BCUT2D eigenvalue weighted by Gasteiger charge is -2.58. The van der Waals surface area contributed by atoms with Gasteiger partial charge in [-0.25, -0.2) is 0 Å². The number of aliphatic hydroxyl groups is 2. The molecule has 0 bridgehead atoms. The van der Waals surface area contributed by atoms with Gasteiger partial charge in [-0.05, 0) is 70.8 Å². The van der Waals surface area contributed by atoms with E-state index in [-0.39, 0.29) is 35.2 Å². The van der Waals surface area contributed by atoms with Crippen molar-refractivity contribution in [1.82, 2.24) is 0 Å². The van der Waals surface area contributed by atoms with Crippen LogP contribution in [0.2, 0.25) is 0 Å². The molecule has 38 heavy (non-hydrogen) atoms. The van der Waals surface area contributed by atoms with Gasteiger partial charge in [-0.1, -0.05) is 19.9 Å². The molecule has 0 aromatic heterocycles. The summed E-state index contributed by atoms with van der Waals surface area (Å²) in [6.07, 6.45) is 3.66. The predicted molar refractivity (Wildman–Crippen MR) is 140 cm³/mol. The maximum absolute atomic E-state index is 13.8. The summed E-state index contributed by atoms with van der Waals surface area (Å²) < 4.78 is 18.2. The molecule has 4 aliphatic rings. The Balaban J connectivity index is 1.72. The van der Waals surface area contributed by atoms with Gasteiger partial charge in [0.1, 0.15) is 11.7 Å². The number of rotatable bonds is 5. The fraction of sp³-hybridized carbons (Fsp3) is 0.633. The maximum atomic E-state index is 13.8. The summed E-state index contributed by atoms with van der Waals surface area (Å²) in [5, 5.41) is 21.9. The minimum atomic E-state index is -1.12. The van der Waals surface area contributed by atoms with E-state index in [1.807, 2.05) is 33.8 Å². The Morgan fingerprint density at radius 1 is 1.24 bits per heavy atom. The molecule has 2 fully saturated rings. The monoisotopic (exact) mass is 528 g/mol. The summed E-state index contributed by atoms with van der Waals surface area (Å²) in [7, 11) is 0. The number of hydrogen-bond donors (Lipinski definition) is 2. The highest BCUT2D eigenvalue weighted by Gasteiger charge is 2.61. The number of carbonyl (C=O) groups is 3. The number of Topliss-reactive ketones (excluding diaryl/α,β-unsaturated/α-hetero) is 1. The average Bonchev–Trinajstić information content (AvgIpc) is 2.83. The molecule has 0 spiro atoms. The highest BCUT2D eigenvalue weighted by atomic mass is 16.5. The van der Waals surface area contributed by atoms with Crippen molar-refractivity contribution in [3.8, 4) is 0 Å². The summed E-state index contributed by atoms with van der Waals surface area (Å²) in [4.78, 5) is 38.9. The van der Waals surface area contributed by atoms with Crippen LogP contribution in [0, 0.1) is 11.3 Å². The zero-order valence-corrected chi connectivity index (χ0v) is 23.6. The van der Waals surface area contributed by atoms with Gasteiger partial charge >= 0.3 is 5.97 Å². The molecule has 0 aromatic rings. The van der Waals surface area contributed by atoms with E-state index in [4.69, 9.17) is 14.2 Å². The zero-order valence-electron chi connectivity index (χ0n) is 23.6. The molecular formula is C30H40O8. The van der Waals surface area contributed by atoms with Gasteiger partial charge in [0.05, 0.1) is 29.5 Å². The highest BCUT2D eigenvalue weighted by molar-refractivity contribution is 6.23. The molecule has 0 amide bonds. The van der Waals surface area contributed by atoms with Crippen molar-refractivity contribution < 1.29 is 38.8 Å². The number of ketones is 2. The molecular weight excluding hydrogens is 488 g/mol. The molecule has 7 atom stereocenters. The normalized spacial score (nSPS) is 35.2. The van der Waals surface area contributed by atoms with Crippen molar-refractivity contribution in [2.75, 3.05) is 0 Å². The Morgan fingerprint density at radius 2 is 1.89 bits per heavy atom. The van der Waals surface area contributed by atoms with Crippen LogP contribution in [0.3, 0.4) is 0 Å². The Morgan fingerprint density at radius 3 is 2.47 bits per heavy atom. The molecule has 208 valence electrons. The first kappa shape index (κ1) is 28.5. The molecule has 0 radical (unpaired) electrons. The van der Waals surface area contributed by atoms with Crippen molar-refractivity contribution in [1.29, 1.82) is 0 Å². The molecule has 2 N–H and O–H groups in total. The number of allylic oxidation sites excluding steroid dienone is 5. The molecule has 1 saturated heterocycles. The van der Waals surface area contributed by atoms with E-state index in [0.717, 1.165) is 11.1 Å². The van der Waals surface area contributed by atoms with Gasteiger partial charge in [0, 0.05) is 30.3 Å². The van der Waals surface area contributed by atoms with E-state index in [1.54, 1.807) is 26.8 Å². The van der Waals surface area contributed by atoms with Gasteiger partial charge in [0.25, 0.3) is 0 Å². The second kappa shape index (κ2) is 9.57. The Labute approximate surface area is 224 Å². The molecule has 8 nitrogen and oxygen atoms in total. The van der Waals surface area contributed by atoms with Crippen LogP contribution in [-0.4, -0.2) is 63.4 Å². The van der Waals surface area contributed by atoms with Crippen molar-refractivity contribution in [3.63, 3.8) is 0 Å². The Bertz CT molecular complexity index is 1180. The largest absolute Gasteiger partial charge is 0.478 e. The van der Waals surface area contributed by atoms with Gasteiger partial charge in [-0.15, -0.1) is 0 Å². The maximum Gasteiger partial charge on any atom is 0.303 e. The van der Waals surface area contributed by atoms with Crippen LogP contribution in [0.5, 0.6) is 0 Å². The molecule has 7 unspecified atom stereocenters. The van der Waals surface area contributed by atoms with Gasteiger partial charge in [-0.3, -0.25) is 14.4 Å². The van der Waals surface area contributed by atoms with Crippen molar-refractivity contribution in [2.24, 2.45) is 11.3 Å². The summed E-state index contributed by atoms with van der Waals surface area (Å²) >= 11 is 0. The van der Waals surface area contributed by atoms with Gasteiger partial charge < -0.3 is 24.4 Å². The lowest BCUT2D eigenvalue weighted by Crippen LogP contribution is -2.63. The zero-order chi connectivity index (χ0) is 28.4. The molecule has 0 aromatic carbocycles. The summed E-state index contributed by atoms with van der Waals surface area (Å²) in [5.74, 6) is -1.82. The first-order chi connectivity index (χ1) is 17.5. The van der Waals surface area contributed by atoms with Crippen LogP contribution in [0.15, 0.2) is 46.3 Å². The fourth-order valence-electron chi connectivity index (χ4n) is 6.45.